The van der Waals surface area contributed by atoms with Gasteiger partial charge in [0.2, 0.25) is 17.9 Å². The number of esters is 2. The third kappa shape index (κ3) is 27.0. The molecule has 2 aliphatic carbocycles. The Balaban J connectivity index is 0.000000447. The van der Waals surface area contributed by atoms with Gasteiger partial charge >= 0.3 is 30.5 Å². The second-order valence-corrected chi connectivity index (χ2v) is 31.3. The molecular weight excluding hydrogens is 1440 g/mol. The first-order valence-corrected chi connectivity index (χ1v) is 36.7. The molecule has 9 unspecified atom stereocenters. The lowest BCUT2D eigenvalue weighted by atomic mass is 9.84. The van der Waals surface area contributed by atoms with E-state index in [1.807, 2.05) is 53.7 Å². The summed E-state index contributed by atoms with van der Waals surface area (Å²) in [7, 11) is 1.68. The van der Waals surface area contributed by atoms with Crippen LogP contribution in [0.3, 0.4) is 0 Å². The van der Waals surface area contributed by atoms with Crippen LogP contribution in [0.5, 0.6) is 17.2 Å². The molecule has 0 heterocycles. The molecule has 7 rings (SSSR count). The van der Waals surface area contributed by atoms with E-state index in [2.05, 4.69) is 53.7 Å². The number of aromatic hydroxyl groups is 2. The van der Waals surface area contributed by atoms with E-state index in [9.17, 15) is 85.7 Å². The lowest BCUT2D eigenvalue weighted by molar-refractivity contribution is -0.261. The molecule has 9 atom stereocenters. The summed E-state index contributed by atoms with van der Waals surface area (Å²) in [4.78, 5) is 24.3. The molecule has 0 aromatic heterocycles. The molecule has 0 spiro atoms. The SMILES string of the molecule is CCC(C)(C)C(=O)OC1(C)CCCC1.CCC(C)c1c(F)c(F)c(O)c(F)c1F.CCC(C)c1cc(C(C)(O)C(F)(F)F)cc(C(C)(O)C(F)(F)F)c1.CCC(C)c1cc(F)c(O)c(F)c1.CCC(C)c1ccc(OC(OC)C(C)(C)C)cc1.Cc1cc(C(C)C(C)C(=O)OC2(C)CCCC2)cc(C(F)(F)F)c1. The number of hydrogen-bond donors (Lipinski definition) is 4. The Morgan fingerprint density at radius 2 is 0.870 bits per heavy atom. The molecule has 0 radical (unpaired) electrons. The van der Waals surface area contributed by atoms with Gasteiger partial charge in [0.05, 0.1) is 16.9 Å². The quantitative estimate of drug-likeness (QED) is 0.0256. The fourth-order valence-corrected chi connectivity index (χ4v) is 11.3. The van der Waals surface area contributed by atoms with Crippen LogP contribution in [-0.4, -0.2) is 69.3 Å². The predicted molar refractivity (Wildman–Crippen MR) is 390 cm³/mol. The average molecular weight is 1560 g/mol. The summed E-state index contributed by atoms with van der Waals surface area (Å²) in [6.45, 7) is 37.0. The molecule has 612 valence electrons. The van der Waals surface area contributed by atoms with Crippen LogP contribution in [0, 0.1) is 58.6 Å². The summed E-state index contributed by atoms with van der Waals surface area (Å²) in [5, 5.41) is 37.2. The molecule has 0 aliphatic heterocycles. The second kappa shape index (κ2) is 39.9. The summed E-state index contributed by atoms with van der Waals surface area (Å²) in [5.41, 5.74) is -7.30. The average Bonchev–Trinajstić information content (AvgIpc) is 0.806. The molecule has 0 amide bonds. The molecule has 0 bridgehead atoms. The molecule has 2 aliphatic rings. The minimum Gasteiger partial charge on any atom is -0.503 e. The molecule has 108 heavy (non-hydrogen) atoms. The molecule has 10 nitrogen and oxygen atoms in total. The molecule has 25 heteroatoms. The second-order valence-electron chi connectivity index (χ2n) is 31.3. The fourth-order valence-electron chi connectivity index (χ4n) is 11.3. The Kier molecular flexibility index (Phi) is 36.0. The van der Waals surface area contributed by atoms with Crippen LogP contribution in [0.2, 0.25) is 0 Å². The molecule has 2 fully saturated rings. The first-order chi connectivity index (χ1) is 49.3. The van der Waals surface area contributed by atoms with Crippen LogP contribution in [0.1, 0.15) is 302 Å². The van der Waals surface area contributed by atoms with Crippen molar-refractivity contribution in [1.82, 2.24) is 0 Å². The Morgan fingerprint density at radius 3 is 1.23 bits per heavy atom. The number of phenolic OH excluding ortho intramolecular Hbond substituents is 2. The third-order valence-electron chi connectivity index (χ3n) is 20.7. The number of aryl methyl sites for hydroxylation is 1. The van der Waals surface area contributed by atoms with Gasteiger partial charge in [-0.1, -0.05) is 133 Å². The molecule has 0 saturated heterocycles. The third-order valence-corrected chi connectivity index (χ3v) is 20.7. The summed E-state index contributed by atoms with van der Waals surface area (Å²) >= 11 is 0. The number of phenols is 2. The van der Waals surface area contributed by atoms with E-state index in [4.69, 9.17) is 29.2 Å². The molecule has 4 N–H and O–H groups in total. The highest BCUT2D eigenvalue weighted by Crippen LogP contribution is 2.46. The number of rotatable bonds is 20. The lowest BCUT2D eigenvalue weighted by Crippen LogP contribution is -2.42. The number of hydrogen-bond acceptors (Lipinski definition) is 10. The summed E-state index contributed by atoms with van der Waals surface area (Å²) in [5.74, 6) is -11.5. The minimum absolute atomic E-state index is 0.0376. The van der Waals surface area contributed by atoms with E-state index < -0.39 is 116 Å². The van der Waals surface area contributed by atoms with Gasteiger partial charge in [0.25, 0.3) is 0 Å². The largest absolute Gasteiger partial charge is 0.503 e. The first kappa shape index (κ1) is 97.3. The van der Waals surface area contributed by atoms with Crippen LogP contribution in [0.4, 0.5) is 65.9 Å². The maximum absolute atomic E-state index is 13.2. The van der Waals surface area contributed by atoms with Crippen LogP contribution < -0.4 is 4.74 Å². The Morgan fingerprint density at radius 1 is 0.491 bits per heavy atom. The zero-order valence-electron chi connectivity index (χ0n) is 66.6. The van der Waals surface area contributed by atoms with E-state index >= 15 is 0 Å². The standard InChI is InChI=1S/C19H25F3O2.C16H20F6O2.C16H26O2.C12H22O2.C10H10F4O.C10H12F2O/c1-12-9-15(11-16(10-12)19(20,21)22)13(2)14(3)17(23)24-18(4)7-5-6-8-18;1-5-9(2)10-6-11(13(3,23)15(17,18)19)8-12(7-10)14(4,24)16(20,21)22;1-7-12(2)13-8-10-14(11-9-13)18-15(17-6)16(3,4)5;1-5-11(2,3)10(13)14-12(4)8-6-7-9-12;1-3-4(2)5-6(11)8(13)10(15)9(14)7(5)12;1-3-6(2)7-4-8(11)10(13)9(12)5-7/h9-11,13-14H,5-8H2,1-4H3;6-9,23-24H,5H2,1-4H3;8-12,15H,7H2,1-6H3;5-9H2,1-4H3;4,15H,3H2,1-2H3;4-6,13H,3H2,1-2H3. The molecule has 5 aromatic carbocycles. The summed E-state index contributed by atoms with van der Waals surface area (Å²) in [6, 6.07) is 17.2. The number of ether oxygens (including phenoxy) is 4. The van der Waals surface area contributed by atoms with Gasteiger partial charge in [0.1, 0.15) is 17.0 Å². The number of halogens is 15. The van der Waals surface area contributed by atoms with Crippen molar-refractivity contribution in [2.75, 3.05) is 7.11 Å². The normalized spacial score (nSPS) is 17.3. The van der Waals surface area contributed by atoms with Gasteiger partial charge in [0, 0.05) is 18.1 Å². The van der Waals surface area contributed by atoms with Crippen molar-refractivity contribution in [2.45, 2.75) is 306 Å². The van der Waals surface area contributed by atoms with E-state index in [1.165, 1.54) is 37.5 Å². The fraction of sp³-hybridized carbons (Fsp3) is 0.614. The zero-order valence-corrected chi connectivity index (χ0v) is 66.6. The van der Waals surface area contributed by atoms with Crippen molar-refractivity contribution < 1.29 is 115 Å². The number of benzene rings is 5. The van der Waals surface area contributed by atoms with Gasteiger partial charge in [-0.3, -0.25) is 9.59 Å². The van der Waals surface area contributed by atoms with Crippen molar-refractivity contribution in [3.63, 3.8) is 0 Å². The minimum atomic E-state index is -5.08. The van der Waals surface area contributed by atoms with Crippen molar-refractivity contribution >= 4 is 11.9 Å². The zero-order chi connectivity index (χ0) is 83.6. The number of alkyl halides is 9. The molecule has 2 saturated carbocycles. The van der Waals surface area contributed by atoms with Gasteiger partial charge in [-0.05, 0) is 237 Å². The van der Waals surface area contributed by atoms with E-state index in [-0.39, 0.29) is 58.0 Å². The highest BCUT2D eigenvalue weighted by atomic mass is 19.4. The molecular formula is C83H115F15O10. The van der Waals surface area contributed by atoms with Crippen LogP contribution >= 0.6 is 0 Å². The van der Waals surface area contributed by atoms with E-state index in [0.717, 1.165) is 87.8 Å². The number of methoxy groups -OCH3 is 1. The monoisotopic (exact) mass is 1560 g/mol. The number of aliphatic hydroxyl groups is 2. The van der Waals surface area contributed by atoms with Crippen molar-refractivity contribution in [2.24, 2.45) is 16.7 Å². The van der Waals surface area contributed by atoms with Crippen LogP contribution in [-0.2, 0) is 41.2 Å². The van der Waals surface area contributed by atoms with Crippen molar-refractivity contribution in [1.29, 1.82) is 0 Å². The maximum atomic E-state index is 13.2. The Labute approximate surface area is 628 Å². The molecule has 5 aromatic rings. The number of carbonyl (C=O) groups excluding carboxylic acids is 2. The van der Waals surface area contributed by atoms with Gasteiger partial charge < -0.3 is 39.4 Å². The van der Waals surface area contributed by atoms with Gasteiger partial charge in [-0.15, -0.1) is 0 Å². The number of carbonyl (C=O) groups is 2. The lowest BCUT2D eigenvalue weighted by Gasteiger charge is -2.32. The topological polar surface area (TPSA) is 152 Å². The smallest absolute Gasteiger partial charge is 0.421 e. The summed E-state index contributed by atoms with van der Waals surface area (Å²) < 4.78 is 218. The Hall–Kier alpha value is -6.73. The van der Waals surface area contributed by atoms with E-state index in [1.54, 1.807) is 54.7 Å². The van der Waals surface area contributed by atoms with Crippen LogP contribution in [0.15, 0.2) is 72.8 Å². The first-order valence-electron chi connectivity index (χ1n) is 36.7. The van der Waals surface area contributed by atoms with Gasteiger partial charge in [-0.25, -0.2) is 17.6 Å². The van der Waals surface area contributed by atoms with Gasteiger partial charge in [0.15, 0.2) is 46.0 Å². The van der Waals surface area contributed by atoms with E-state index in [0.29, 0.717) is 55.4 Å². The Bertz CT molecular complexity index is 3560. The van der Waals surface area contributed by atoms with Crippen molar-refractivity contribution in [3.8, 4) is 17.2 Å². The van der Waals surface area contributed by atoms with Crippen LogP contribution in [0.25, 0.3) is 0 Å². The van der Waals surface area contributed by atoms with Gasteiger partial charge in [-0.2, -0.15) is 48.3 Å². The predicted octanol–water partition coefficient (Wildman–Crippen LogP) is 24.9. The maximum Gasteiger partial charge on any atom is 0.421 e. The summed E-state index contributed by atoms with van der Waals surface area (Å²) in [6.07, 6.45) is -2.97. The van der Waals surface area contributed by atoms with Crippen molar-refractivity contribution in [3.05, 3.63) is 158 Å². The highest BCUT2D eigenvalue weighted by Gasteiger charge is 2.55. The highest BCUT2D eigenvalue weighted by molar-refractivity contribution is 5.76.